The molecule has 130 valence electrons. The molecule has 1 saturated carbocycles. The van der Waals surface area contributed by atoms with E-state index in [4.69, 9.17) is 0 Å². The molecule has 4 heteroatoms. The molecule has 2 aromatic heterocycles. The number of rotatable bonds is 6. The molecule has 0 aliphatic heterocycles. The first-order valence-electron chi connectivity index (χ1n) is 9.04. The maximum absolute atomic E-state index is 13.2. The normalized spacial score (nSPS) is 15.5. The first kappa shape index (κ1) is 16.1. The zero-order chi connectivity index (χ0) is 17.4. The van der Waals surface area contributed by atoms with Crippen molar-refractivity contribution < 1.29 is 4.39 Å². The number of aromatic nitrogens is 2. The zero-order valence-electron chi connectivity index (χ0n) is 14.8. The molecular formula is C21H24FN3. The Morgan fingerprint density at radius 3 is 2.68 bits per heavy atom. The van der Waals surface area contributed by atoms with Crippen molar-refractivity contribution in [3.63, 3.8) is 0 Å². The fourth-order valence-electron chi connectivity index (χ4n) is 3.62. The van der Waals surface area contributed by atoms with Gasteiger partial charge in [-0.15, -0.1) is 0 Å². The highest BCUT2D eigenvalue weighted by Crippen LogP contribution is 2.35. The van der Waals surface area contributed by atoms with Crippen molar-refractivity contribution in [1.29, 1.82) is 0 Å². The number of fused-ring (bicyclic) bond motifs is 1. The number of nitrogens with zero attached hydrogens (tertiary/aromatic N) is 2. The zero-order valence-corrected chi connectivity index (χ0v) is 14.8. The number of benzene rings is 1. The van der Waals surface area contributed by atoms with Gasteiger partial charge in [-0.1, -0.05) is 25.0 Å². The van der Waals surface area contributed by atoms with Gasteiger partial charge in [-0.2, -0.15) is 0 Å². The van der Waals surface area contributed by atoms with Gasteiger partial charge in [0.2, 0.25) is 0 Å². The summed E-state index contributed by atoms with van der Waals surface area (Å²) in [6.45, 7) is 4.31. The third-order valence-electron chi connectivity index (χ3n) is 5.34. The lowest BCUT2D eigenvalue weighted by molar-refractivity contribution is 0.551. The molecule has 25 heavy (non-hydrogen) atoms. The van der Waals surface area contributed by atoms with E-state index in [1.807, 2.05) is 24.5 Å². The minimum atomic E-state index is -0.176. The first-order valence-corrected chi connectivity index (χ1v) is 9.04. The van der Waals surface area contributed by atoms with Gasteiger partial charge in [0.05, 0.1) is 11.7 Å². The van der Waals surface area contributed by atoms with E-state index in [-0.39, 0.29) is 5.82 Å². The summed E-state index contributed by atoms with van der Waals surface area (Å²) >= 11 is 0. The topological polar surface area (TPSA) is 29.9 Å². The van der Waals surface area contributed by atoms with Crippen LogP contribution in [0.25, 0.3) is 10.9 Å². The molecule has 3 aromatic rings. The van der Waals surface area contributed by atoms with Crippen LogP contribution in [0.2, 0.25) is 0 Å². The summed E-state index contributed by atoms with van der Waals surface area (Å²) in [6, 6.07) is 9.29. The summed E-state index contributed by atoms with van der Waals surface area (Å²) in [5.41, 5.74) is 8.53. The molecular weight excluding hydrogens is 313 g/mol. The van der Waals surface area contributed by atoms with Gasteiger partial charge in [-0.25, -0.2) is 4.39 Å². The van der Waals surface area contributed by atoms with E-state index in [1.165, 1.54) is 35.0 Å². The van der Waals surface area contributed by atoms with Gasteiger partial charge in [0.1, 0.15) is 5.82 Å². The van der Waals surface area contributed by atoms with Crippen LogP contribution >= 0.6 is 0 Å². The Kier molecular flexibility index (Phi) is 4.20. The summed E-state index contributed by atoms with van der Waals surface area (Å²) in [4.78, 5) is 4.30. The lowest BCUT2D eigenvalue weighted by Crippen LogP contribution is -2.31. The molecule has 0 saturated heterocycles. The van der Waals surface area contributed by atoms with Crippen molar-refractivity contribution in [2.45, 2.75) is 45.6 Å². The third-order valence-corrected chi connectivity index (χ3v) is 5.34. The molecule has 1 fully saturated rings. The van der Waals surface area contributed by atoms with Gasteiger partial charge in [0, 0.05) is 23.3 Å². The Bertz CT molecular complexity index is 878. The molecule has 0 spiro atoms. The number of pyridine rings is 1. The molecule has 2 heterocycles. The Morgan fingerprint density at radius 1 is 1.20 bits per heavy atom. The maximum atomic E-state index is 13.2. The second-order valence-electron chi connectivity index (χ2n) is 7.27. The molecule has 0 radical (unpaired) electrons. The summed E-state index contributed by atoms with van der Waals surface area (Å²) in [6.07, 6.45) is 8.47. The van der Waals surface area contributed by atoms with Crippen LogP contribution in [0.5, 0.6) is 0 Å². The second-order valence-corrected chi connectivity index (χ2v) is 7.27. The van der Waals surface area contributed by atoms with E-state index in [9.17, 15) is 4.39 Å². The molecule has 1 aromatic carbocycles. The van der Waals surface area contributed by atoms with Crippen LogP contribution in [0, 0.1) is 25.6 Å². The van der Waals surface area contributed by atoms with Crippen LogP contribution in [0.4, 0.5) is 4.39 Å². The fraction of sp³-hybridized carbons (Fsp3) is 0.381. The van der Waals surface area contributed by atoms with E-state index < -0.39 is 0 Å². The SMILES string of the molecule is Cc1c(C)n(NC(Cc2ccc(F)cc2)CC2CC2)c2cnccc12. The van der Waals surface area contributed by atoms with Crippen LogP contribution in [0.15, 0.2) is 42.7 Å². The molecule has 3 nitrogen and oxygen atoms in total. The van der Waals surface area contributed by atoms with E-state index in [0.29, 0.717) is 6.04 Å². The molecule has 1 aliphatic carbocycles. The highest BCUT2D eigenvalue weighted by molar-refractivity contribution is 5.84. The minimum absolute atomic E-state index is 0.176. The summed E-state index contributed by atoms with van der Waals surface area (Å²) in [5.74, 6) is 0.642. The molecule has 4 rings (SSSR count). The van der Waals surface area contributed by atoms with Gasteiger partial charge >= 0.3 is 0 Å². The standard InChI is InChI=1S/C21H24FN3/c1-14-15(2)25(21-13-23-10-9-20(14)21)24-19(11-16-3-4-16)12-17-5-7-18(22)8-6-17/h5-10,13,16,19,24H,3-4,11-12H2,1-2H3. The van der Waals surface area contributed by atoms with Crippen molar-refractivity contribution in [2.24, 2.45) is 5.92 Å². The molecule has 1 unspecified atom stereocenters. The van der Waals surface area contributed by atoms with Crippen molar-refractivity contribution in [1.82, 2.24) is 9.66 Å². The summed E-state index contributed by atoms with van der Waals surface area (Å²) in [7, 11) is 0. The van der Waals surface area contributed by atoms with Gasteiger partial charge in [0.25, 0.3) is 0 Å². The molecule has 1 N–H and O–H groups in total. The average molecular weight is 337 g/mol. The summed E-state index contributed by atoms with van der Waals surface area (Å²) in [5, 5.41) is 1.24. The average Bonchev–Trinajstić information content (AvgIpc) is 3.40. The number of nitrogens with one attached hydrogen (secondary N) is 1. The van der Waals surface area contributed by atoms with Crippen LogP contribution in [0.1, 0.15) is 36.1 Å². The summed E-state index contributed by atoms with van der Waals surface area (Å²) < 4.78 is 15.4. The molecule has 0 amide bonds. The Labute approximate surface area is 147 Å². The van der Waals surface area contributed by atoms with E-state index in [0.717, 1.165) is 24.3 Å². The fourth-order valence-corrected chi connectivity index (χ4v) is 3.62. The Hall–Kier alpha value is -2.36. The predicted octanol–water partition coefficient (Wildman–Crippen LogP) is 4.75. The smallest absolute Gasteiger partial charge is 0.123 e. The number of hydrogen-bond acceptors (Lipinski definition) is 2. The number of halogens is 1. The van der Waals surface area contributed by atoms with Crippen LogP contribution in [-0.2, 0) is 6.42 Å². The first-order chi connectivity index (χ1) is 12.1. The van der Waals surface area contributed by atoms with Crippen molar-refractivity contribution in [3.8, 4) is 0 Å². The van der Waals surface area contributed by atoms with Gasteiger partial charge in [0.15, 0.2) is 0 Å². The van der Waals surface area contributed by atoms with E-state index >= 15 is 0 Å². The quantitative estimate of drug-likeness (QED) is 0.703. The van der Waals surface area contributed by atoms with Crippen LogP contribution in [-0.4, -0.2) is 15.7 Å². The third kappa shape index (κ3) is 3.39. The number of hydrogen-bond donors (Lipinski definition) is 1. The van der Waals surface area contributed by atoms with Gasteiger partial charge in [-0.05, 0) is 61.9 Å². The van der Waals surface area contributed by atoms with E-state index in [1.54, 1.807) is 12.1 Å². The van der Waals surface area contributed by atoms with E-state index in [2.05, 4.69) is 35.0 Å². The minimum Gasteiger partial charge on any atom is -0.322 e. The molecule has 0 bridgehead atoms. The monoisotopic (exact) mass is 337 g/mol. The van der Waals surface area contributed by atoms with Gasteiger partial charge < -0.3 is 5.43 Å². The van der Waals surface area contributed by atoms with Gasteiger partial charge in [-0.3, -0.25) is 9.66 Å². The Balaban J connectivity index is 1.62. The lowest BCUT2D eigenvalue weighted by Gasteiger charge is -2.23. The highest BCUT2D eigenvalue weighted by atomic mass is 19.1. The Morgan fingerprint density at radius 2 is 1.96 bits per heavy atom. The van der Waals surface area contributed by atoms with Crippen molar-refractivity contribution in [3.05, 3.63) is 65.4 Å². The second kappa shape index (κ2) is 6.51. The largest absolute Gasteiger partial charge is 0.322 e. The van der Waals surface area contributed by atoms with Crippen molar-refractivity contribution >= 4 is 10.9 Å². The molecule has 1 atom stereocenters. The predicted molar refractivity (Wildman–Crippen MR) is 99.8 cm³/mol. The van der Waals surface area contributed by atoms with Crippen LogP contribution < -0.4 is 5.43 Å². The van der Waals surface area contributed by atoms with Crippen molar-refractivity contribution in [2.75, 3.05) is 5.43 Å². The maximum Gasteiger partial charge on any atom is 0.123 e. The lowest BCUT2D eigenvalue weighted by atomic mass is 10.0. The highest BCUT2D eigenvalue weighted by Gasteiger charge is 2.26. The number of aryl methyl sites for hydroxylation is 1. The van der Waals surface area contributed by atoms with Crippen LogP contribution in [0.3, 0.4) is 0 Å². The molecule has 1 aliphatic rings.